The number of nitrogens with zero attached hydrogens (tertiary/aromatic N) is 1. The van der Waals surface area contributed by atoms with Crippen LogP contribution in [0.1, 0.15) is 12.5 Å². The lowest BCUT2D eigenvalue weighted by Gasteiger charge is -2.15. The minimum atomic E-state index is -0.789. The highest BCUT2D eigenvalue weighted by atomic mass is 16.5. The smallest absolute Gasteiger partial charge is 0.319 e. The van der Waals surface area contributed by atoms with Gasteiger partial charge in [0, 0.05) is 11.4 Å². The van der Waals surface area contributed by atoms with Crippen LogP contribution in [0.15, 0.2) is 48.5 Å². The van der Waals surface area contributed by atoms with Gasteiger partial charge in [-0.3, -0.25) is 9.59 Å². The highest BCUT2D eigenvalue weighted by Crippen LogP contribution is 2.17. The Bertz CT molecular complexity index is 905. The number of anilines is 2. The van der Waals surface area contributed by atoms with E-state index in [-0.39, 0.29) is 12.5 Å². The number of ether oxygens (including phenoxy) is 1. The van der Waals surface area contributed by atoms with Crippen molar-refractivity contribution in [3.05, 3.63) is 54.1 Å². The van der Waals surface area contributed by atoms with Crippen molar-refractivity contribution in [1.82, 2.24) is 5.32 Å². The average molecular weight is 381 g/mol. The first-order valence-electron chi connectivity index (χ1n) is 8.28. The van der Waals surface area contributed by atoms with Crippen molar-refractivity contribution in [3.63, 3.8) is 0 Å². The molecule has 5 N–H and O–H groups in total. The van der Waals surface area contributed by atoms with Crippen LogP contribution >= 0.6 is 0 Å². The quantitative estimate of drug-likeness (QED) is 0.575. The van der Waals surface area contributed by atoms with Crippen LogP contribution in [-0.4, -0.2) is 30.5 Å². The summed E-state index contributed by atoms with van der Waals surface area (Å²) in [6.45, 7) is 1.30. The third-order valence-corrected chi connectivity index (χ3v) is 3.48. The molecule has 0 saturated carbocycles. The van der Waals surface area contributed by atoms with Gasteiger partial charge in [-0.2, -0.15) is 5.26 Å². The predicted molar refractivity (Wildman–Crippen MR) is 103 cm³/mol. The van der Waals surface area contributed by atoms with Crippen LogP contribution in [0.25, 0.3) is 0 Å². The number of hydrogen-bond donors (Lipinski definition) is 4. The van der Waals surface area contributed by atoms with Gasteiger partial charge in [-0.05, 0) is 49.4 Å². The number of hydrogen-bond acceptors (Lipinski definition) is 5. The number of urea groups is 1. The normalized spacial score (nSPS) is 10.9. The molecule has 9 heteroatoms. The second-order valence-electron chi connectivity index (χ2n) is 5.74. The molecule has 2 aromatic rings. The highest BCUT2D eigenvalue weighted by Gasteiger charge is 2.15. The van der Waals surface area contributed by atoms with E-state index in [0.29, 0.717) is 22.7 Å². The first-order valence-corrected chi connectivity index (χ1v) is 8.28. The molecule has 9 nitrogen and oxygen atoms in total. The van der Waals surface area contributed by atoms with Crippen molar-refractivity contribution in [2.45, 2.75) is 13.0 Å². The molecule has 2 aromatic carbocycles. The average Bonchev–Trinajstić information content (AvgIpc) is 2.67. The standard InChI is InChI=1S/C19H19N5O4/c1-12(28-16-7-5-13(10-20)6-8-16)18(26)23-14-3-2-4-15(9-14)24-19(27)22-11-17(21)25/h2-9,12H,11H2,1H3,(H2,21,25)(H,23,26)(H2,22,24,27). The van der Waals surface area contributed by atoms with Crippen LogP contribution in [0, 0.1) is 11.3 Å². The van der Waals surface area contributed by atoms with E-state index in [4.69, 9.17) is 15.7 Å². The topological polar surface area (TPSA) is 146 Å². The van der Waals surface area contributed by atoms with Crippen molar-refractivity contribution < 1.29 is 19.1 Å². The molecule has 0 spiro atoms. The Morgan fingerprint density at radius 1 is 1.11 bits per heavy atom. The van der Waals surface area contributed by atoms with Gasteiger partial charge in [0.05, 0.1) is 18.2 Å². The zero-order valence-corrected chi connectivity index (χ0v) is 15.1. The number of amides is 4. The summed E-state index contributed by atoms with van der Waals surface area (Å²) in [6.07, 6.45) is -0.789. The number of primary amides is 1. The molecule has 1 unspecified atom stereocenters. The second kappa shape index (κ2) is 9.59. The molecule has 0 radical (unpaired) electrons. The minimum absolute atomic E-state index is 0.285. The Labute approximate surface area is 161 Å². The lowest BCUT2D eigenvalue weighted by molar-refractivity contribution is -0.122. The van der Waals surface area contributed by atoms with E-state index in [2.05, 4.69) is 16.0 Å². The van der Waals surface area contributed by atoms with Crippen LogP contribution < -0.4 is 26.4 Å². The molecule has 4 amide bonds. The van der Waals surface area contributed by atoms with Crippen molar-refractivity contribution in [2.24, 2.45) is 5.73 Å². The summed E-state index contributed by atoms with van der Waals surface area (Å²) >= 11 is 0. The Kier molecular flexibility index (Phi) is 6.93. The summed E-state index contributed by atoms with van der Waals surface area (Å²) in [5, 5.41) is 16.3. The fraction of sp³-hybridized carbons (Fsp3) is 0.158. The lowest BCUT2D eigenvalue weighted by Crippen LogP contribution is -2.36. The van der Waals surface area contributed by atoms with E-state index >= 15 is 0 Å². The molecule has 0 fully saturated rings. The molecule has 1 atom stereocenters. The van der Waals surface area contributed by atoms with Gasteiger partial charge in [-0.1, -0.05) is 6.07 Å². The van der Waals surface area contributed by atoms with Gasteiger partial charge in [0.15, 0.2) is 6.10 Å². The van der Waals surface area contributed by atoms with E-state index < -0.39 is 18.0 Å². The monoisotopic (exact) mass is 381 g/mol. The summed E-state index contributed by atoms with van der Waals surface area (Å²) in [5.41, 5.74) is 6.32. The molecule has 0 aliphatic heterocycles. The van der Waals surface area contributed by atoms with Gasteiger partial charge < -0.3 is 26.4 Å². The highest BCUT2D eigenvalue weighted by molar-refractivity contribution is 5.96. The Hall–Kier alpha value is -4.06. The molecule has 0 heterocycles. The summed E-state index contributed by atoms with van der Waals surface area (Å²) in [6, 6.07) is 14.3. The van der Waals surface area contributed by atoms with E-state index in [1.807, 2.05) is 6.07 Å². The van der Waals surface area contributed by atoms with Gasteiger partial charge in [0.25, 0.3) is 5.91 Å². The third kappa shape index (κ3) is 6.34. The van der Waals surface area contributed by atoms with Gasteiger partial charge in [0.1, 0.15) is 5.75 Å². The van der Waals surface area contributed by atoms with E-state index in [0.717, 1.165) is 0 Å². The molecule has 0 bridgehead atoms. The first-order chi connectivity index (χ1) is 13.4. The zero-order chi connectivity index (χ0) is 20.5. The van der Waals surface area contributed by atoms with Crippen molar-refractivity contribution in [1.29, 1.82) is 5.26 Å². The number of carbonyl (C=O) groups is 3. The van der Waals surface area contributed by atoms with Gasteiger partial charge >= 0.3 is 6.03 Å². The van der Waals surface area contributed by atoms with Crippen molar-refractivity contribution in [2.75, 3.05) is 17.2 Å². The summed E-state index contributed by atoms with van der Waals surface area (Å²) in [5.74, 6) is -0.588. The molecular formula is C19H19N5O4. The number of nitriles is 1. The molecule has 2 rings (SSSR count). The number of rotatable bonds is 7. The second-order valence-corrected chi connectivity index (χ2v) is 5.74. The van der Waals surface area contributed by atoms with Crippen molar-refractivity contribution in [3.8, 4) is 11.8 Å². The summed E-state index contributed by atoms with van der Waals surface area (Å²) in [7, 11) is 0. The Balaban J connectivity index is 1.92. The first kappa shape index (κ1) is 20.3. The van der Waals surface area contributed by atoms with Gasteiger partial charge in [0.2, 0.25) is 5.91 Å². The maximum atomic E-state index is 12.3. The third-order valence-electron chi connectivity index (χ3n) is 3.48. The van der Waals surface area contributed by atoms with Crippen LogP contribution in [-0.2, 0) is 9.59 Å². The van der Waals surface area contributed by atoms with Crippen LogP contribution in [0.5, 0.6) is 5.75 Å². The molecule has 0 saturated heterocycles. The van der Waals surface area contributed by atoms with Gasteiger partial charge in [-0.25, -0.2) is 4.79 Å². The largest absolute Gasteiger partial charge is 0.481 e. The molecular weight excluding hydrogens is 362 g/mol. The molecule has 0 aliphatic rings. The number of nitrogens with one attached hydrogen (secondary N) is 3. The molecule has 28 heavy (non-hydrogen) atoms. The predicted octanol–water partition coefficient (Wildman–Crippen LogP) is 1.57. The number of benzene rings is 2. The Morgan fingerprint density at radius 2 is 1.75 bits per heavy atom. The molecule has 0 aromatic heterocycles. The fourth-order valence-electron chi connectivity index (χ4n) is 2.13. The SMILES string of the molecule is CC(Oc1ccc(C#N)cc1)C(=O)Nc1cccc(NC(=O)NCC(N)=O)c1. The van der Waals surface area contributed by atoms with Crippen LogP contribution in [0.4, 0.5) is 16.2 Å². The molecule has 0 aliphatic carbocycles. The number of carbonyl (C=O) groups excluding carboxylic acids is 3. The summed E-state index contributed by atoms with van der Waals surface area (Å²) < 4.78 is 5.55. The van der Waals surface area contributed by atoms with E-state index in [1.165, 1.54) is 0 Å². The van der Waals surface area contributed by atoms with Crippen LogP contribution in [0.3, 0.4) is 0 Å². The van der Waals surface area contributed by atoms with Gasteiger partial charge in [-0.15, -0.1) is 0 Å². The Morgan fingerprint density at radius 3 is 2.36 bits per heavy atom. The van der Waals surface area contributed by atoms with E-state index in [9.17, 15) is 14.4 Å². The zero-order valence-electron chi connectivity index (χ0n) is 15.1. The fourth-order valence-corrected chi connectivity index (χ4v) is 2.13. The minimum Gasteiger partial charge on any atom is -0.481 e. The van der Waals surface area contributed by atoms with E-state index in [1.54, 1.807) is 55.5 Å². The molecule has 144 valence electrons. The summed E-state index contributed by atoms with van der Waals surface area (Å²) in [4.78, 5) is 34.6. The lowest BCUT2D eigenvalue weighted by atomic mass is 10.2. The van der Waals surface area contributed by atoms with Crippen LogP contribution in [0.2, 0.25) is 0 Å². The maximum absolute atomic E-state index is 12.3. The maximum Gasteiger partial charge on any atom is 0.319 e. The van der Waals surface area contributed by atoms with Crippen molar-refractivity contribution >= 4 is 29.2 Å². The number of nitrogens with two attached hydrogens (primary N) is 1.